The molecule has 1 aromatic heterocycles. The van der Waals surface area contributed by atoms with Crippen molar-refractivity contribution in [3.8, 4) is 0 Å². The van der Waals surface area contributed by atoms with Gasteiger partial charge in [0.15, 0.2) is 0 Å². The molecule has 1 aliphatic heterocycles. The van der Waals surface area contributed by atoms with Crippen molar-refractivity contribution >= 4 is 11.6 Å². The molecule has 1 atom stereocenters. The van der Waals surface area contributed by atoms with Gasteiger partial charge in [0.1, 0.15) is 0 Å². The first-order chi connectivity index (χ1) is 9.22. The van der Waals surface area contributed by atoms with Crippen LogP contribution in [0.3, 0.4) is 0 Å². The topological polar surface area (TPSA) is 80.5 Å². The Bertz CT molecular complexity index is 432. The molecule has 2 rings (SSSR count). The van der Waals surface area contributed by atoms with Crippen molar-refractivity contribution in [1.82, 2.24) is 9.88 Å². The molecule has 1 amide bonds. The van der Waals surface area contributed by atoms with Gasteiger partial charge in [-0.05, 0) is 24.8 Å². The van der Waals surface area contributed by atoms with Gasteiger partial charge in [-0.15, -0.1) is 0 Å². The number of hydrogen-bond acceptors (Lipinski definition) is 5. The molecule has 0 radical (unpaired) electrons. The van der Waals surface area contributed by atoms with E-state index in [1.807, 2.05) is 0 Å². The Morgan fingerprint density at radius 1 is 1.68 bits per heavy atom. The molecule has 19 heavy (non-hydrogen) atoms. The number of nitrogens with two attached hydrogens (primary N) is 1. The molecule has 1 aliphatic rings. The largest absolute Gasteiger partial charge is 0.381 e. The monoisotopic (exact) mass is 264 g/mol. The van der Waals surface area contributed by atoms with Gasteiger partial charge in [-0.3, -0.25) is 15.6 Å². The van der Waals surface area contributed by atoms with Gasteiger partial charge in [0.05, 0.1) is 17.9 Å². The summed E-state index contributed by atoms with van der Waals surface area (Å²) in [5.74, 6) is 5.74. The molecule has 0 spiro atoms. The Balaban J connectivity index is 2.01. The average Bonchev–Trinajstić information content (AvgIpc) is 2.47. The lowest BCUT2D eigenvalue weighted by atomic mass is 10.0. The van der Waals surface area contributed by atoms with Gasteiger partial charge in [-0.2, -0.15) is 0 Å². The highest BCUT2D eigenvalue weighted by Crippen LogP contribution is 2.18. The summed E-state index contributed by atoms with van der Waals surface area (Å²) in [4.78, 5) is 18.0. The Hall–Kier alpha value is -1.66. The number of carbonyl (C=O) groups is 1. The van der Waals surface area contributed by atoms with Crippen LogP contribution < -0.4 is 11.3 Å². The van der Waals surface area contributed by atoms with Crippen molar-refractivity contribution in [2.24, 2.45) is 11.8 Å². The molecule has 104 valence electrons. The Morgan fingerprint density at radius 3 is 3.21 bits per heavy atom. The summed E-state index contributed by atoms with van der Waals surface area (Å²) in [6.45, 7) is 2.25. The van der Waals surface area contributed by atoms with Crippen LogP contribution in [0.5, 0.6) is 0 Å². The second-order valence-corrected chi connectivity index (χ2v) is 4.83. The number of hydrazine groups is 1. The van der Waals surface area contributed by atoms with Crippen molar-refractivity contribution in [2.45, 2.75) is 12.8 Å². The third-order valence-corrected chi connectivity index (χ3v) is 3.34. The molecule has 0 saturated carbocycles. The lowest BCUT2D eigenvalue weighted by Crippen LogP contribution is -2.35. The number of anilines is 1. The first-order valence-electron chi connectivity index (χ1n) is 6.46. The van der Waals surface area contributed by atoms with E-state index in [0.29, 0.717) is 23.7 Å². The summed E-state index contributed by atoms with van der Waals surface area (Å²) in [6, 6.07) is 1.69. The quantitative estimate of drug-likeness (QED) is 0.623. The van der Waals surface area contributed by atoms with Crippen LogP contribution in [-0.4, -0.2) is 42.6 Å². The van der Waals surface area contributed by atoms with Crippen LogP contribution in [0.4, 0.5) is 5.69 Å². The van der Waals surface area contributed by atoms with E-state index in [9.17, 15) is 4.79 Å². The van der Waals surface area contributed by atoms with E-state index in [1.54, 1.807) is 24.2 Å². The van der Waals surface area contributed by atoms with Crippen LogP contribution in [-0.2, 0) is 4.74 Å². The summed E-state index contributed by atoms with van der Waals surface area (Å²) >= 11 is 0. The molecule has 6 heteroatoms. The van der Waals surface area contributed by atoms with Crippen molar-refractivity contribution < 1.29 is 9.53 Å². The van der Waals surface area contributed by atoms with Crippen LogP contribution in [0, 0.1) is 5.92 Å². The number of ether oxygens (including phenoxy) is 1. The molecule has 6 nitrogen and oxygen atoms in total. The number of amides is 1. The smallest absolute Gasteiger partial charge is 0.257 e. The Labute approximate surface area is 112 Å². The number of nitrogens with zero attached hydrogens (tertiary/aromatic N) is 2. The zero-order chi connectivity index (χ0) is 13.7. The van der Waals surface area contributed by atoms with E-state index in [0.717, 1.165) is 26.1 Å². The van der Waals surface area contributed by atoms with E-state index in [4.69, 9.17) is 10.6 Å². The summed E-state index contributed by atoms with van der Waals surface area (Å²) in [6.07, 6.45) is 5.30. The fraction of sp³-hybridized carbons (Fsp3) is 0.538. The number of aromatic nitrogens is 1. The number of nitrogens with one attached hydrogen (secondary N) is 1. The van der Waals surface area contributed by atoms with Crippen molar-refractivity contribution in [3.63, 3.8) is 0 Å². The van der Waals surface area contributed by atoms with Gasteiger partial charge >= 0.3 is 0 Å². The fourth-order valence-electron chi connectivity index (χ4n) is 2.32. The molecule has 2 heterocycles. The van der Waals surface area contributed by atoms with E-state index < -0.39 is 0 Å². The number of pyridine rings is 1. The minimum absolute atomic E-state index is 0.0772. The molecule has 0 aliphatic carbocycles. The number of rotatable bonds is 4. The maximum Gasteiger partial charge on any atom is 0.257 e. The van der Waals surface area contributed by atoms with Crippen LogP contribution in [0.15, 0.2) is 18.5 Å². The summed E-state index contributed by atoms with van der Waals surface area (Å²) in [5.41, 5.74) is 3.60. The fourth-order valence-corrected chi connectivity index (χ4v) is 2.32. The zero-order valence-electron chi connectivity index (χ0n) is 11.1. The van der Waals surface area contributed by atoms with Gasteiger partial charge < -0.3 is 15.1 Å². The van der Waals surface area contributed by atoms with Crippen LogP contribution in [0.2, 0.25) is 0 Å². The van der Waals surface area contributed by atoms with Crippen molar-refractivity contribution in [3.05, 3.63) is 24.0 Å². The first-order valence-corrected chi connectivity index (χ1v) is 6.46. The highest BCUT2D eigenvalue weighted by Gasteiger charge is 2.21. The first kappa shape index (κ1) is 13.8. The molecule has 1 saturated heterocycles. The summed E-state index contributed by atoms with van der Waals surface area (Å²) < 4.78 is 5.43. The average molecular weight is 264 g/mol. The predicted molar refractivity (Wildman–Crippen MR) is 72.6 cm³/mol. The van der Waals surface area contributed by atoms with E-state index in [1.165, 1.54) is 6.20 Å². The summed E-state index contributed by atoms with van der Waals surface area (Å²) in [7, 11) is 1.80. The molecular weight excluding hydrogens is 244 g/mol. The molecule has 0 aromatic carbocycles. The summed E-state index contributed by atoms with van der Waals surface area (Å²) in [5, 5.41) is 0. The molecule has 1 aromatic rings. The van der Waals surface area contributed by atoms with Crippen molar-refractivity contribution in [1.29, 1.82) is 0 Å². The van der Waals surface area contributed by atoms with Gasteiger partial charge in [0.2, 0.25) is 0 Å². The lowest BCUT2D eigenvalue weighted by Gasteiger charge is -2.27. The number of hydrogen-bond donors (Lipinski definition) is 2. The molecular formula is C13H20N4O2. The second kappa shape index (κ2) is 6.49. The lowest BCUT2D eigenvalue weighted by molar-refractivity contribution is 0.0388. The van der Waals surface area contributed by atoms with Crippen LogP contribution in [0.1, 0.15) is 23.2 Å². The van der Waals surface area contributed by atoms with Crippen LogP contribution >= 0.6 is 0 Å². The molecule has 1 unspecified atom stereocenters. The highest BCUT2D eigenvalue weighted by atomic mass is 16.5. The SMILES string of the molecule is CN(CC1CCCOC1)C(=O)c1cnccc1NN. The normalized spacial score (nSPS) is 18.9. The van der Waals surface area contributed by atoms with Gasteiger partial charge in [0.25, 0.3) is 5.91 Å². The number of carbonyl (C=O) groups excluding carboxylic acids is 1. The van der Waals surface area contributed by atoms with Gasteiger partial charge in [-0.1, -0.05) is 0 Å². The highest BCUT2D eigenvalue weighted by molar-refractivity contribution is 5.99. The Kier molecular flexibility index (Phi) is 4.70. The third kappa shape index (κ3) is 3.42. The van der Waals surface area contributed by atoms with E-state index in [-0.39, 0.29) is 5.91 Å². The third-order valence-electron chi connectivity index (χ3n) is 3.34. The zero-order valence-corrected chi connectivity index (χ0v) is 11.1. The molecule has 1 fully saturated rings. The molecule has 0 bridgehead atoms. The van der Waals surface area contributed by atoms with E-state index >= 15 is 0 Å². The Morgan fingerprint density at radius 2 is 2.53 bits per heavy atom. The van der Waals surface area contributed by atoms with Crippen LogP contribution in [0.25, 0.3) is 0 Å². The molecule has 3 N–H and O–H groups in total. The number of nitrogen functional groups attached to an aromatic ring is 1. The van der Waals surface area contributed by atoms with Crippen molar-refractivity contribution in [2.75, 3.05) is 32.2 Å². The minimum Gasteiger partial charge on any atom is -0.381 e. The predicted octanol–water partition coefficient (Wildman–Crippen LogP) is 0.866. The van der Waals surface area contributed by atoms with E-state index in [2.05, 4.69) is 10.4 Å². The second-order valence-electron chi connectivity index (χ2n) is 4.83. The standard InChI is InChI=1S/C13H20N4O2/c1-17(8-10-3-2-6-19-9-10)13(18)11-7-15-5-4-12(11)16-14/h4-5,7,10H,2-3,6,8-9,14H2,1H3,(H,15,16). The van der Waals surface area contributed by atoms with Gasteiger partial charge in [-0.25, -0.2) is 0 Å². The maximum atomic E-state index is 12.3. The van der Waals surface area contributed by atoms with Gasteiger partial charge in [0, 0.05) is 32.6 Å². The maximum absolute atomic E-state index is 12.3. The minimum atomic E-state index is -0.0772.